The Hall–Kier alpha value is -2.97. The Morgan fingerprint density at radius 2 is 2.11 bits per heavy atom. The lowest BCUT2D eigenvalue weighted by molar-refractivity contribution is -0.384. The van der Waals surface area contributed by atoms with Crippen LogP contribution in [0.1, 0.15) is 50.1 Å². The number of hydrogen-bond donors (Lipinski definition) is 2. The molecule has 28 heavy (non-hydrogen) atoms. The lowest BCUT2D eigenvalue weighted by Crippen LogP contribution is -2.35. The Labute approximate surface area is 162 Å². The van der Waals surface area contributed by atoms with E-state index in [9.17, 15) is 14.9 Å². The van der Waals surface area contributed by atoms with Crippen LogP contribution in [0.25, 0.3) is 0 Å². The molecule has 0 aromatic carbocycles. The van der Waals surface area contributed by atoms with Crippen LogP contribution in [0.15, 0.2) is 24.5 Å². The van der Waals surface area contributed by atoms with Gasteiger partial charge in [-0.05, 0) is 31.7 Å². The molecule has 148 valence electrons. The molecule has 1 aliphatic carbocycles. The Balaban J connectivity index is 1.51. The second-order valence-electron chi connectivity index (χ2n) is 7.56. The number of aromatic amines is 1. The molecule has 0 unspecified atom stereocenters. The molecule has 2 aromatic rings. The fourth-order valence-electron chi connectivity index (χ4n) is 4.31. The van der Waals surface area contributed by atoms with Gasteiger partial charge in [-0.25, -0.2) is 4.98 Å². The quantitative estimate of drug-likeness (QED) is 0.604. The maximum Gasteiger partial charge on any atom is 0.311 e. The molecule has 2 N–H and O–H groups in total. The van der Waals surface area contributed by atoms with Gasteiger partial charge in [0.15, 0.2) is 0 Å². The van der Waals surface area contributed by atoms with Gasteiger partial charge in [0.1, 0.15) is 0 Å². The topological polar surface area (TPSA) is 117 Å². The van der Waals surface area contributed by atoms with Gasteiger partial charge in [0, 0.05) is 37.2 Å². The molecule has 1 atom stereocenters. The lowest BCUT2D eigenvalue weighted by atomic mass is 9.93. The van der Waals surface area contributed by atoms with Crippen molar-refractivity contribution in [3.05, 3.63) is 40.3 Å². The predicted molar refractivity (Wildman–Crippen MR) is 104 cm³/mol. The first-order valence-electron chi connectivity index (χ1n) is 9.82. The van der Waals surface area contributed by atoms with Crippen LogP contribution >= 0.6 is 0 Å². The van der Waals surface area contributed by atoms with E-state index in [1.807, 2.05) is 4.90 Å². The van der Waals surface area contributed by atoms with Gasteiger partial charge in [0.25, 0.3) is 0 Å². The van der Waals surface area contributed by atoms with Crippen molar-refractivity contribution in [3.63, 3.8) is 0 Å². The van der Waals surface area contributed by atoms with Gasteiger partial charge in [0.05, 0.1) is 22.5 Å². The number of nitro groups is 1. The van der Waals surface area contributed by atoms with Crippen LogP contribution in [0, 0.1) is 16.0 Å². The fraction of sp³-hybridized carbons (Fsp3) is 0.526. The summed E-state index contributed by atoms with van der Waals surface area (Å²) in [6.45, 7) is 1.30. The highest BCUT2D eigenvalue weighted by Crippen LogP contribution is 2.35. The summed E-state index contributed by atoms with van der Waals surface area (Å²) in [4.78, 5) is 29.7. The van der Waals surface area contributed by atoms with Crippen molar-refractivity contribution in [2.75, 3.05) is 23.3 Å². The normalized spacial score (nSPS) is 20.3. The van der Waals surface area contributed by atoms with Crippen molar-refractivity contribution >= 4 is 23.1 Å². The second kappa shape index (κ2) is 7.95. The molecule has 1 saturated carbocycles. The van der Waals surface area contributed by atoms with Crippen molar-refractivity contribution in [2.45, 2.75) is 44.4 Å². The predicted octanol–water partition coefficient (Wildman–Crippen LogP) is 3.23. The van der Waals surface area contributed by atoms with E-state index in [-0.39, 0.29) is 23.4 Å². The van der Waals surface area contributed by atoms with E-state index in [1.165, 1.54) is 6.07 Å². The number of hydrogen-bond acceptors (Lipinski definition) is 6. The number of amides is 1. The molecule has 4 rings (SSSR count). The van der Waals surface area contributed by atoms with E-state index >= 15 is 0 Å². The van der Waals surface area contributed by atoms with Crippen molar-refractivity contribution < 1.29 is 9.72 Å². The summed E-state index contributed by atoms with van der Waals surface area (Å²) in [6, 6.07) is 3.06. The first-order chi connectivity index (χ1) is 13.6. The smallest absolute Gasteiger partial charge is 0.311 e. The number of rotatable bonds is 5. The number of aromatic nitrogens is 3. The molecule has 0 spiro atoms. The van der Waals surface area contributed by atoms with E-state index in [2.05, 4.69) is 20.5 Å². The van der Waals surface area contributed by atoms with Gasteiger partial charge in [-0.3, -0.25) is 20.0 Å². The summed E-state index contributed by atoms with van der Waals surface area (Å²) in [7, 11) is 0. The van der Waals surface area contributed by atoms with E-state index in [0.29, 0.717) is 18.9 Å². The Bertz CT molecular complexity index is 861. The average molecular weight is 384 g/mol. The van der Waals surface area contributed by atoms with Crippen molar-refractivity contribution in [1.29, 1.82) is 0 Å². The van der Waals surface area contributed by atoms with E-state index in [0.717, 1.165) is 49.9 Å². The number of carbonyl (C=O) groups is 1. The van der Waals surface area contributed by atoms with Gasteiger partial charge in [-0.15, -0.1) is 0 Å². The van der Waals surface area contributed by atoms with Crippen LogP contribution in [-0.2, 0) is 4.79 Å². The maximum atomic E-state index is 12.5. The summed E-state index contributed by atoms with van der Waals surface area (Å²) in [5, 5.41) is 21.6. The van der Waals surface area contributed by atoms with Crippen LogP contribution in [-0.4, -0.2) is 39.1 Å². The number of nitrogens with one attached hydrogen (secondary N) is 2. The molecule has 3 heterocycles. The molecule has 2 aromatic heterocycles. The Morgan fingerprint density at radius 1 is 1.29 bits per heavy atom. The van der Waals surface area contributed by atoms with E-state index in [4.69, 9.17) is 0 Å². The third-order valence-corrected chi connectivity index (χ3v) is 5.74. The molecule has 1 saturated heterocycles. The molecule has 0 radical (unpaired) electrons. The first kappa shape index (κ1) is 18.4. The number of nitrogens with zero attached hydrogens (tertiary/aromatic N) is 4. The van der Waals surface area contributed by atoms with Crippen molar-refractivity contribution in [3.8, 4) is 0 Å². The zero-order valence-corrected chi connectivity index (χ0v) is 15.6. The minimum atomic E-state index is -0.393. The molecule has 1 aliphatic heterocycles. The number of piperidine rings is 1. The second-order valence-corrected chi connectivity index (χ2v) is 7.56. The summed E-state index contributed by atoms with van der Waals surface area (Å²) in [5.41, 5.74) is 1.62. The zero-order valence-electron chi connectivity index (χ0n) is 15.6. The molecular weight excluding hydrogens is 360 g/mol. The largest absolute Gasteiger partial charge is 0.350 e. The summed E-state index contributed by atoms with van der Waals surface area (Å²) in [5.74, 6) is 0.639. The van der Waals surface area contributed by atoms with Gasteiger partial charge < -0.3 is 10.2 Å². The van der Waals surface area contributed by atoms with Crippen molar-refractivity contribution in [1.82, 2.24) is 15.2 Å². The van der Waals surface area contributed by atoms with E-state index in [1.54, 1.807) is 18.5 Å². The van der Waals surface area contributed by atoms with Gasteiger partial charge in [-0.2, -0.15) is 5.10 Å². The minimum absolute atomic E-state index is 0.0162. The lowest BCUT2D eigenvalue weighted by Gasteiger charge is -2.33. The van der Waals surface area contributed by atoms with Crippen LogP contribution in [0.4, 0.5) is 17.2 Å². The Kier molecular flexibility index (Phi) is 5.23. The van der Waals surface area contributed by atoms with Crippen LogP contribution in [0.2, 0.25) is 0 Å². The fourth-order valence-corrected chi connectivity index (χ4v) is 4.31. The average Bonchev–Trinajstić information content (AvgIpc) is 3.40. The molecule has 9 heteroatoms. The van der Waals surface area contributed by atoms with Gasteiger partial charge in [0.2, 0.25) is 11.7 Å². The highest BCUT2D eigenvalue weighted by molar-refractivity contribution is 5.93. The number of carbonyl (C=O) groups excluding carboxylic acids is 1. The Morgan fingerprint density at radius 3 is 2.89 bits per heavy atom. The zero-order chi connectivity index (χ0) is 19.5. The first-order valence-corrected chi connectivity index (χ1v) is 9.82. The summed E-state index contributed by atoms with van der Waals surface area (Å²) < 4.78 is 0. The minimum Gasteiger partial charge on any atom is -0.350 e. The SMILES string of the molecule is O=C(Nc1cn[nH]c1[C@@H]1CCCN(c2ncccc2[N+](=O)[O-])C1)C1CCCC1. The van der Waals surface area contributed by atoms with Crippen LogP contribution in [0.3, 0.4) is 0 Å². The summed E-state index contributed by atoms with van der Waals surface area (Å²) >= 11 is 0. The molecule has 2 aliphatic rings. The van der Waals surface area contributed by atoms with E-state index < -0.39 is 4.92 Å². The molecular formula is C19H24N6O3. The highest BCUT2D eigenvalue weighted by Gasteiger charge is 2.30. The number of anilines is 2. The standard InChI is InChI=1S/C19H24N6O3/c26-19(13-5-1-2-6-13)22-15-11-21-23-17(15)14-7-4-10-24(12-14)18-16(25(27)28)8-3-9-20-18/h3,8-9,11,13-14H,1-2,4-7,10,12H2,(H,21,23)(H,22,26)/t14-/m1/s1. The van der Waals surface area contributed by atoms with Crippen molar-refractivity contribution in [2.24, 2.45) is 5.92 Å². The number of H-pyrrole nitrogens is 1. The van der Waals surface area contributed by atoms with Crippen LogP contribution < -0.4 is 10.2 Å². The maximum absolute atomic E-state index is 12.5. The third kappa shape index (κ3) is 3.69. The molecule has 1 amide bonds. The molecule has 9 nitrogen and oxygen atoms in total. The monoisotopic (exact) mass is 384 g/mol. The number of pyridine rings is 1. The molecule has 0 bridgehead atoms. The molecule has 2 fully saturated rings. The third-order valence-electron chi connectivity index (χ3n) is 5.74. The summed E-state index contributed by atoms with van der Waals surface area (Å²) in [6.07, 6.45) is 9.14. The van der Waals surface area contributed by atoms with Gasteiger partial charge in [-0.1, -0.05) is 12.8 Å². The highest BCUT2D eigenvalue weighted by atomic mass is 16.6. The van der Waals surface area contributed by atoms with Gasteiger partial charge >= 0.3 is 5.69 Å². The van der Waals surface area contributed by atoms with Crippen LogP contribution in [0.5, 0.6) is 0 Å².